The summed E-state index contributed by atoms with van der Waals surface area (Å²) in [7, 11) is -2.28. The van der Waals surface area contributed by atoms with Crippen LogP contribution in [-0.4, -0.2) is 11.7 Å². The van der Waals surface area contributed by atoms with Gasteiger partial charge >= 0.3 is 0 Å². The molecule has 1 N–H and O–H groups in total. The summed E-state index contributed by atoms with van der Waals surface area (Å²) in [5.74, 6) is -1.27. The molecule has 0 amide bonds. The summed E-state index contributed by atoms with van der Waals surface area (Å²) in [5.41, 5.74) is 1.72. The molecule has 2 atom stereocenters. The summed E-state index contributed by atoms with van der Waals surface area (Å²) in [5, 5.41) is 9.70. The van der Waals surface area contributed by atoms with Crippen LogP contribution in [0.15, 0.2) is 71.6 Å². The van der Waals surface area contributed by atoms with Gasteiger partial charge in [0.05, 0.1) is 6.04 Å². The fourth-order valence-corrected chi connectivity index (χ4v) is 4.96. The molecule has 3 aromatic carbocycles. The molecule has 0 heterocycles. The molecule has 2 unspecified atom stereocenters. The van der Waals surface area contributed by atoms with Crippen molar-refractivity contribution in [2.45, 2.75) is 30.7 Å². The van der Waals surface area contributed by atoms with Gasteiger partial charge in [0.2, 0.25) is 0 Å². The molecule has 3 aromatic rings. The summed E-state index contributed by atoms with van der Waals surface area (Å²) >= 11 is 5.95. The predicted molar refractivity (Wildman–Crippen MR) is 118 cm³/mol. The maximum atomic E-state index is 14.7. The fraction of sp³-hybridized carbons (Fsp3) is 0.217. The first-order valence-corrected chi connectivity index (χ1v) is 11.2. The fourth-order valence-electron chi connectivity index (χ4n) is 3.39. The van der Waals surface area contributed by atoms with Gasteiger partial charge in [-0.15, -0.1) is 0 Å². The van der Waals surface area contributed by atoms with Crippen LogP contribution in [-0.2, 0) is 21.6 Å². The summed E-state index contributed by atoms with van der Waals surface area (Å²) in [4.78, 5) is 0.456. The van der Waals surface area contributed by atoms with Gasteiger partial charge in [-0.3, -0.25) is 0 Å². The van der Waals surface area contributed by atoms with E-state index >= 15 is 0 Å². The molecule has 0 saturated carbocycles. The van der Waals surface area contributed by atoms with Crippen molar-refractivity contribution in [2.75, 3.05) is 10.9 Å². The van der Waals surface area contributed by atoms with Crippen LogP contribution in [0.2, 0.25) is 5.02 Å². The van der Waals surface area contributed by atoms with E-state index in [1.54, 1.807) is 24.3 Å². The lowest BCUT2D eigenvalue weighted by Crippen LogP contribution is -2.30. The number of halogens is 3. The molecule has 30 heavy (non-hydrogen) atoms. The van der Waals surface area contributed by atoms with Gasteiger partial charge < -0.3 is 5.11 Å². The lowest BCUT2D eigenvalue weighted by atomic mass is 9.97. The molecular formula is C23H23ClF2NO2S+. The van der Waals surface area contributed by atoms with Crippen LogP contribution >= 0.6 is 11.6 Å². The van der Waals surface area contributed by atoms with Crippen LogP contribution < -0.4 is 4.31 Å². The van der Waals surface area contributed by atoms with Crippen LogP contribution in [0.5, 0.6) is 0 Å². The summed E-state index contributed by atoms with van der Waals surface area (Å²) in [6, 6.07) is 16.6. The highest BCUT2D eigenvalue weighted by Gasteiger charge is 2.32. The maximum Gasteiger partial charge on any atom is 0.200 e. The molecule has 7 heteroatoms. The van der Waals surface area contributed by atoms with Gasteiger partial charge in [-0.1, -0.05) is 40.1 Å². The second-order valence-corrected chi connectivity index (χ2v) is 8.82. The number of benzene rings is 3. The minimum atomic E-state index is -2.28. The quantitative estimate of drug-likeness (QED) is 0.349. The van der Waals surface area contributed by atoms with Crippen LogP contribution in [0.4, 0.5) is 14.5 Å². The van der Waals surface area contributed by atoms with Crippen molar-refractivity contribution in [1.29, 1.82) is 0 Å². The zero-order valence-electron chi connectivity index (χ0n) is 16.4. The van der Waals surface area contributed by atoms with E-state index in [4.69, 9.17) is 11.6 Å². The Hall–Kier alpha value is -2.28. The van der Waals surface area contributed by atoms with Crippen molar-refractivity contribution in [1.82, 2.24) is 0 Å². The molecule has 0 aliphatic rings. The largest absolute Gasteiger partial charge is 0.396 e. The third kappa shape index (κ3) is 5.06. The number of hydrogen-bond acceptors (Lipinski definition) is 2. The van der Waals surface area contributed by atoms with Crippen molar-refractivity contribution in [3.63, 3.8) is 0 Å². The molecule has 0 aromatic heterocycles. The highest BCUT2D eigenvalue weighted by atomic mass is 35.5. The highest BCUT2D eigenvalue weighted by Crippen LogP contribution is 2.35. The number of aliphatic hydroxyl groups is 1. The zero-order chi connectivity index (χ0) is 21.7. The van der Waals surface area contributed by atoms with Crippen molar-refractivity contribution in [2.24, 2.45) is 0 Å². The van der Waals surface area contributed by atoms with Crippen LogP contribution in [0, 0.1) is 11.6 Å². The molecule has 0 saturated heterocycles. The van der Waals surface area contributed by atoms with Crippen LogP contribution in [0.1, 0.15) is 30.5 Å². The molecule has 0 aliphatic heterocycles. The molecule has 3 nitrogen and oxygen atoms in total. The highest BCUT2D eigenvalue weighted by molar-refractivity contribution is 7.86. The first-order valence-electron chi connectivity index (χ1n) is 9.58. The predicted octanol–water partition coefficient (Wildman–Crippen LogP) is 5.78. The van der Waals surface area contributed by atoms with Crippen LogP contribution in [0.3, 0.4) is 0 Å². The Labute approximate surface area is 182 Å². The molecule has 158 valence electrons. The van der Waals surface area contributed by atoms with Gasteiger partial charge in [0.15, 0.2) is 21.7 Å². The van der Waals surface area contributed by atoms with Crippen molar-refractivity contribution >= 4 is 28.3 Å². The Balaban J connectivity index is 2.11. The lowest BCUT2D eigenvalue weighted by molar-refractivity contribution is 0.288. The van der Waals surface area contributed by atoms with Crippen molar-refractivity contribution in [3.8, 4) is 0 Å². The Morgan fingerprint density at radius 3 is 2.47 bits per heavy atom. The summed E-state index contributed by atoms with van der Waals surface area (Å²) in [6.45, 7) is 1.86. The molecule has 0 fully saturated rings. The van der Waals surface area contributed by atoms with E-state index in [-0.39, 0.29) is 12.3 Å². The Bertz CT molecular complexity index is 1030. The molecular weight excluding hydrogens is 428 g/mol. The number of aliphatic hydroxyl groups excluding tert-OH is 1. The normalized spacial score (nSPS) is 13.1. The zero-order valence-corrected chi connectivity index (χ0v) is 18.1. The number of anilines is 1. The SMILES string of the molecule is CC(c1ccccc1CCCO)N(c1cc(F)ccc1F)[SH+](=O)c1ccc(Cl)cc1. The molecule has 3 rings (SSSR count). The summed E-state index contributed by atoms with van der Waals surface area (Å²) < 4.78 is 43.7. The average molecular weight is 451 g/mol. The van der Waals surface area contributed by atoms with Crippen LogP contribution in [0.25, 0.3) is 0 Å². The van der Waals surface area contributed by atoms with E-state index in [1.807, 2.05) is 31.2 Å². The smallest absolute Gasteiger partial charge is 0.200 e. The number of rotatable bonds is 8. The van der Waals surface area contributed by atoms with E-state index in [1.165, 1.54) is 4.31 Å². The van der Waals surface area contributed by atoms with Gasteiger partial charge in [-0.05, 0) is 67.3 Å². The molecule has 0 radical (unpaired) electrons. The maximum absolute atomic E-state index is 14.7. The minimum absolute atomic E-state index is 0.0456. The minimum Gasteiger partial charge on any atom is -0.396 e. The topological polar surface area (TPSA) is 40.5 Å². The van der Waals surface area contributed by atoms with Crippen molar-refractivity contribution < 1.29 is 18.1 Å². The lowest BCUT2D eigenvalue weighted by Gasteiger charge is -2.27. The average Bonchev–Trinajstić information content (AvgIpc) is 2.75. The second kappa shape index (κ2) is 10.2. The van der Waals surface area contributed by atoms with E-state index < -0.39 is 28.7 Å². The molecule has 0 bridgehead atoms. The molecule has 0 spiro atoms. The first-order chi connectivity index (χ1) is 14.4. The molecule has 0 aliphatic carbocycles. The number of nitrogens with zero attached hydrogens (tertiary/aromatic N) is 1. The Morgan fingerprint density at radius 2 is 1.77 bits per heavy atom. The Morgan fingerprint density at radius 1 is 1.07 bits per heavy atom. The summed E-state index contributed by atoms with van der Waals surface area (Å²) in [6.07, 6.45) is 1.19. The third-order valence-electron chi connectivity index (χ3n) is 4.87. The van der Waals surface area contributed by atoms with E-state index in [9.17, 15) is 18.1 Å². The van der Waals surface area contributed by atoms with Gasteiger partial charge in [-0.2, -0.15) is 4.31 Å². The monoisotopic (exact) mass is 450 g/mol. The van der Waals surface area contributed by atoms with E-state index in [2.05, 4.69) is 0 Å². The first kappa shape index (κ1) is 22.4. The van der Waals surface area contributed by atoms with Gasteiger partial charge in [0, 0.05) is 17.7 Å². The Kier molecular flexibility index (Phi) is 7.58. The van der Waals surface area contributed by atoms with Gasteiger partial charge in [-0.25, -0.2) is 8.78 Å². The van der Waals surface area contributed by atoms with E-state index in [0.717, 1.165) is 29.3 Å². The number of thiol groups is 1. The van der Waals surface area contributed by atoms with Gasteiger partial charge in [0.25, 0.3) is 0 Å². The standard InChI is InChI=1S/C23H22ClF2NO2S/c1-16(21-7-3-2-5-17(21)6-4-14-28)27(23-15-19(25)10-13-22(23)26)30(29)20-11-8-18(24)9-12-20/h2-3,5,7-13,15-16,28H,4,6,14H2,1H3/p+1. The van der Waals surface area contributed by atoms with Gasteiger partial charge in [0.1, 0.15) is 11.5 Å². The number of hydrogen-bond donors (Lipinski definition) is 1. The van der Waals surface area contributed by atoms with Crippen molar-refractivity contribution in [3.05, 3.63) is 94.5 Å². The number of aryl methyl sites for hydroxylation is 1. The third-order valence-corrected chi connectivity index (χ3v) is 6.82. The second-order valence-electron chi connectivity index (χ2n) is 6.89. The van der Waals surface area contributed by atoms with E-state index in [0.29, 0.717) is 22.8 Å².